The molecule has 1 aliphatic rings. The van der Waals surface area contributed by atoms with Crippen LogP contribution in [0, 0.1) is 0 Å². The molecule has 0 spiro atoms. The molecular weight excluding hydrogens is 252 g/mol. The van der Waals surface area contributed by atoms with Crippen LogP contribution < -0.4 is 0 Å². The summed E-state index contributed by atoms with van der Waals surface area (Å²) in [6, 6.07) is 1.78. The van der Waals surface area contributed by atoms with Gasteiger partial charge in [0, 0.05) is 38.9 Å². The third kappa shape index (κ3) is 3.31. The highest BCUT2D eigenvalue weighted by Crippen LogP contribution is 2.26. The molecule has 18 heavy (non-hydrogen) atoms. The van der Waals surface area contributed by atoms with Gasteiger partial charge in [-0.3, -0.25) is 0 Å². The summed E-state index contributed by atoms with van der Waals surface area (Å²) >= 11 is 1.49. The van der Waals surface area contributed by atoms with Crippen LogP contribution in [0.1, 0.15) is 29.6 Å². The van der Waals surface area contributed by atoms with Crippen LogP contribution in [0.4, 0.5) is 0 Å². The van der Waals surface area contributed by atoms with Gasteiger partial charge >= 0.3 is 5.97 Å². The fourth-order valence-electron chi connectivity index (χ4n) is 2.25. The maximum absolute atomic E-state index is 11.9. The minimum Gasteiger partial charge on any atom is -0.459 e. The lowest BCUT2D eigenvalue weighted by atomic mass is 9.92. The lowest BCUT2D eigenvalue weighted by molar-refractivity contribution is -0.0655. The van der Waals surface area contributed by atoms with Crippen LogP contribution >= 0.6 is 11.3 Å². The molecule has 2 rings (SSSR count). The average molecular weight is 270 g/mol. The summed E-state index contributed by atoms with van der Waals surface area (Å²) in [5, 5.41) is 3.67. The van der Waals surface area contributed by atoms with E-state index in [0.717, 1.165) is 19.3 Å². The molecule has 4 nitrogen and oxygen atoms in total. The van der Waals surface area contributed by atoms with Crippen molar-refractivity contribution in [1.29, 1.82) is 0 Å². The molecule has 2 atom stereocenters. The van der Waals surface area contributed by atoms with Crippen LogP contribution in [0.2, 0.25) is 0 Å². The molecule has 100 valence electrons. The Balaban J connectivity index is 1.93. The molecule has 0 N–H and O–H groups in total. The molecule has 0 aliphatic heterocycles. The second-order valence-electron chi connectivity index (χ2n) is 4.46. The van der Waals surface area contributed by atoms with E-state index in [1.54, 1.807) is 25.7 Å². The largest absolute Gasteiger partial charge is 0.459 e. The van der Waals surface area contributed by atoms with Gasteiger partial charge in [-0.2, -0.15) is 11.3 Å². The normalized spacial score (nSPS) is 28.0. The van der Waals surface area contributed by atoms with E-state index in [0.29, 0.717) is 5.56 Å². The Hall–Kier alpha value is -0.910. The van der Waals surface area contributed by atoms with Crippen molar-refractivity contribution in [2.24, 2.45) is 0 Å². The summed E-state index contributed by atoms with van der Waals surface area (Å²) in [5.74, 6) is -0.257. The summed E-state index contributed by atoms with van der Waals surface area (Å²) < 4.78 is 16.2. The zero-order chi connectivity index (χ0) is 13.0. The van der Waals surface area contributed by atoms with E-state index in [2.05, 4.69) is 0 Å². The molecule has 0 aromatic carbocycles. The first-order valence-corrected chi connectivity index (χ1v) is 6.96. The van der Waals surface area contributed by atoms with Gasteiger partial charge in [-0.15, -0.1) is 0 Å². The molecule has 2 unspecified atom stereocenters. The Labute approximate surface area is 111 Å². The molecule has 1 heterocycles. The van der Waals surface area contributed by atoms with Crippen molar-refractivity contribution >= 4 is 17.3 Å². The van der Waals surface area contributed by atoms with Gasteiger partial charge in [-0.25, -0.2) is 4.79 Å². The van der Waals surface area contributed by atoms with Crippen molar-refractivity contribution in [2.45, 2.75) is 37.6 Å². The van der Waals surface area contributed by atoms with Crippen molar-refractivity contribution in [3.05, 3.63) is 22.4 Å². The Morgan fingerprint density at radius 1 is 1.17 bits per heavy atom. The number of rotatable bonds is 4. The minimum absolute atomic E-state index is 0.101. The zero-order valence-electron chi connectivity index (χ0n) is 10.6. The van der Waals surface area contributed by atoms with Gasteiger partial charge in [0.05, 0.1) is 17.8 Å². The molecule has 1 aliphatic carbocycles. The highest BCUT2D eigenvalue weighted by molar-refractivity contribution is 7.08. The highest BCUT2D eigenvalue weighted by Gasteiger charge is 2.31. The first-order valence-electron chi connectivity index (χ1n) is 6.01. The molecule has 0 saturated heterocycles. The number of carbonyl (C=O) groups excluding carboxylic acids is 1. The number of methoxy groups -OCH3 is 2. The summed E-state index contributed by atoms with van der Waals surface area (Å²) in [4.78, 5) is 11.9. The summed E-state index contributed by atoms with van der Waals surface area (Å²) in [6.45, 7) is 0. The van der Waals surface area contributed by atoms with Crippen LogP contribution in [0.3, 0.4) is 0 Å². The number of ether oxygens (including phenoxy) is 3. The third-order valence-electron chi connectivity index (χ3n) is 3.27. The molecule has 5 heteroatoms. The molecule has 0 radical (unpaired) electrons. The van der Waals surface area contributed by atoms with Crippen molar-refractivity contribution in [3.63, 3.8) is 0 Å². The topological polar surface area (TPSA) is 44.8 Å². The second-order valence-corrected chi connectivity index (χ2v) is 5.24. The quantitative estimate of drug-likeness (QED) is 0.788. The summed E-state index contributed by atoms with van der Waals surface area (Å²) in [6.07, 6.45) is 2.42. The fraction of sp³-hybridized carbons (Fsp3) is 0.615. The fourth-order valence-corrected chi connectivity index (χ4v) is 2.87. The Bertz CT molecular complexity index is 364. The van der Waals surface area contributed by atoms with E-state index in [-0.39, 0.29) is 24.3 Å². The molecule has 1 aromatic rings. The molecular formula is C13H18O4S. The number of esters is 1. The van der Waals surface area contributed by atoms with E-state index in [1.807, 2.05) is 5.38 Å². The van der Waals surface area contributed by atoms with Crippen LogP contribution in [-0.2, 0) is 14.2 Å². The van der Waals surface area contributed by atoms with Crippen LogP contribution in [0.5, 0.6) is 0 Å². The van der Waals surface area contributed by atoms with Crippen molar-refractivity contribution in [1.82, 2.24) is 0 Å². The van der Waals surface area contributed by atoms with E-state index >= 15 is 0 Å². The number of hydrogen-bond acceptors (Lipinski definition) is 5. The monoisotopic (exact) mass is 270 g/mol. The van der Waals surface area contributed by atoms with E-state index in [9.17, 15) is 4.79 Å². The smallest absolute Gasteiger partial charge is 0.339 e. The molecule has 1 fully saturated rings. The third-order valence-corrected chi connectivity index (χ3v) is 3.96. The lowest BCUT2D eigenvalue weighted by Gasteiger charge is -2.32. The molecule has 1 saturated carbocycles. The lowest BCUT2D eigenvalue weighted by Crippen LogP contribution is -2.37. The minimum atomic E-state index is -0.257. The van der Waals surface area contributed by atoms with Gasteiger partial charge < -0.3 is 14.2 Å². The van der Waals surface area contributed by atoms with Crippen molar-refractivity contribution < 1.29 is 19.0 Å². The zero-order valence-corrected chi connectivity index (χ0v) is 11.4. The van der Waals surface area contributed by atoms with Crippen LogP contribution in [0.25, 0.3) is 0 Å². The van der Waals surface area contributed by atoms with Gasteiger partial charge in [0.25, 0.3) is 0 Å². The van der Waals surface area contributed by atoms with Crippen LogP contribution in [0.15, 0.2) is 16.8 Å². The second kappa shape index (κ2) is 6.31. The molecule has 0 amide bonds. The predicted octanol–water partition coefficient (Wildman–Crippen LogP) is 2.49. The van der Waals surface area contributed by atoms with Gasteiger partial charge in [-0.05, 0) is 11.4 Å². The maximum atomic E-state index is 11.9. The van der Waals surface area contributed by atoms with Crippen molar-refractivity contribution in [2.75, 3.05) is 14.2 Å². The van der Waals surface area contributed by atoms with E-state index in [1.165, 1.54) is 11.3 Å². The van der Waals surface area contributed by atoms with E-state index < -0.39 is 0 Å². The highest BCUT2D eigenvalue weighted by atomic mass is 32.1. The Kier molecular flexibility index (Phi) is 4.74. The summed E-state index contributed by atoms with van der Waals surface area (Å²) in [7, 11) is 3.36. The SMILES string of the molecule is COC1CC(OC)CC(OC(=O)c2ccsc2)C1. The molecule has 1 aromatic heterocycles. The van der Waals surface area contributed by atoms with Gasteiger partial charge in [0.2, 0.25) is 0 Å². The predicted molar refractivity (Wildman–Crippen MR) is 69.0 cm³/mol. The first-order chi connectivity index (χ1) is 8.72. The number of hydrogen-bond donors (Lipinski definition) is 0. The Morgan fingerprint density at radius 3 is 2.28 bits per heavy atom. The summed E-state index contributed by atoms with van der Waals surface area (Å²) in [5.41, 5.74) is 0.619. The van der Waals surface area contributed by atoms with Gasteiger partial charge in [-0.1, -0.05) is 0 Å². The Morgan fingerprint density at radius 2 is 1.78 bits per heavy atom. The van der Waals surface area contributed by atoms with Gasteiger partial charge in [0.1, 0.15) is 6.10 Å². The maximum Gasteiger partial charge on any atom is 0.339 e. The van der Waals surface area contributed by atoms with Gasteiger partial charge in [0.15, 0.2) is 0 Å². The first kappa shape index (κ1) is 13.5. The van der Waals surface area contributed by atoms with Crippen molar-refractivity contribution in [3.8, 4) is 0 Å². The standard InChI is InChI=1S/C13H18O4S/c1-15-10-5-11(16-2)7-12(6-10)17-13(14)9-3-4-18-8-9/h3-4,8,10-12H,5-7H2,1-2H3. The van der Waals surface area contributed by atoms with E-state index in [4.69, 9.17) is 14.2 Å². The number of carbonyl (C=O) groups is 1. The van der Waals surface area contributed by atoms with Crippen LogP contribution in [-0.4, -0.2) is 38.5 Å². The number of thiophene rings is 1. The average Bonchev–Trinajstić information content (AvgIpc) is 2.92. The molecule has 0 bridgehead atoms.